The van der Waals surface area contributed by atoms with E-state index in [0.29, 0.717) is 28.6 Å². The molecule has 1 N–H and O–H groups in total. The SMILES string of the molecule is CCOc1ccc(N2C(=O)C(=O)/C(=C(\O)c3cccc([N+](=O)[O-])c3)C2c2ccc(Cl)cc2)cc1. The van der Waals surface area contributed by atoms with Crippen molar-refractivity contribution >= 4 is 40.4 Å². The molecule has 9 heteroatoms. The second-order valence-corrected chi connectivity index (χ2v) is 7.89. The Morgan fingerprint density at radius 2 is 1.76 bits per heavy atom. The van der Waals surface area contributed by atoms with Crippen molar-refractivity contribution in [1.82, 2.24) is 0 Å². The summed E-state index contributed by atoms with van der Waals surface area (Å²) in [5.74, 6) is -1.65. The van der Waals surface area contributed by atoms with Gasteiger partial charge in [0.1, 0.15) is 11.5 Å². The van der Waals surface area contributed by atoms with E-state index in [0.717, 1.165) is 6.07 Å². The predicted octanol–water partition coefficient (Wildman–Crippen LogP) is 5.27. The van der Waals surface area contributed by atoms with E-state index in [4.69, 9.17) is 16.3 Å². The quantitative estimate of drug-likeness (QED) is 0.170. The number of ketones is 1. The average Bonchev–Trinajstić information content (AvgIpc) is 3.10. The molecule has 3 aromatic carbocycles. The van der Waals surface area contributed by atoms with Gasteiger partial charge in [0.15, 0.2) is 0 Å². The van der Waals surface area contributed by atoms with Gasteiger partial charge in [-0.25, -0.2) is 0 Å². The number of carbonyl (C=O) groups is 2. The Hall–Kier alpha value is -4.17. The summed E-state index contributed by atoms with van der Waals surface area (Å²) in [6.07, 6.45) is 0. The van der Waals surface area contributed by atoms with Crippen LogP contribution in [0.3, 0.4) is 0 Å². The van der Waals surface area contributed by atoms with Gasteiger partial charge in [-0.2, -0.15) is 0 Å². The number of aliphatic hydroxyl groups is 1. The summed E-state index contributed by atoms with van der Waals surface area (Å²) < 4.78 is 5.45. The Balaban J connectivity index is 1.90. The molecule has 1 amide bonds. The zero-order valence-corrected chi connectivity index (χ0v) is 18.7. The molecular weight excluding hydrogens is 460 g/mol. The minimum absolute atomic E-state index is 0.0536. The van der Waals surface area contributed by atoms with E-state index in [2.05, 4.69) is 0 Å². The normalized spacial score (nSPS) is 17.1. The van der Waals surface area contributed by atoms with Gasteiger partial charge in [-0.3, -0.25) is 24.6 Å². The number of Topliss-reactive ketones (excluding diaryl/α,β-unsaturated/α-hetero) is 1. The second kappa shape index (κ2) is 9.36. The van der Waals surface area contributed by atoms with Crippen LogP contribution in [0.2, 0.25) is 5.02 Å². The summed E-state index contributed by atoms with van der Waals surface area (Å²) >= 11 is 6.03. The molecule has 0 spiro atoms. The molecule has 1 saturated heterocycles. The number of nitro benzene ring substituents is 1. The molecule has 8 nitrogen and oxygen atoms in total. The molecule has 34 heavy (non-hydrogen) atoms. The number of benzene rings is 3. The number of carbonyl (C=O) groups excluding carboxylic acids is 2. The zero-order valence-electron chi connectivity index (χ0n) is 18.0. The van der Waals surface area contributed by atoms with E-state index < -0.39 is 28.4 Å². The van der Waals surface area contributed by atoms with Crippen molar-refractivity contribution in [2.24, 2.45) is 0 Å². The van der Waals surface area contributed by atoms with E-state index in [1.54, 1.807) is 48.5 Å². The van der Waals surface area contributed by atoms with Crippen LogP contribution in [0.5, 0.6) is 5.75 Å². The van der Waals surface area contributed by atoms with Gasteiger partial charge in [-0.05, 0) is 48.9 Å². The van der Waals surface area contributed by atoms with Crippen LogP contribution in [-0.2, 0) is 9.59 Å². The molecule has 1 atom stereocenters. The molecule has 0 bridgehead atoms. The third-order valence-electron chi connectivity index (χ3n) is 5.39. The maximum atomic E-state index is 13.2. The summed E-state index contributed by atoms with van der Waals surface area (Å²) in [4.78, 5) is 38.2. The number of ether oxygens (including phenoxy) is 1. The van der Waals surface area contributed by atoms with Crippen molar-refractivity contribution in [2.45, 2.75) is 13.0 Å². The van der Waals surface area contributed by atoms with Crippen LogP contribution in [0, 0.1) is 10.1 Å². The first-order valence-corrected chi connectivity index (χ1v) is 10.7. The zero-order chi connectivity index (χ0) is 24.4. The summed E-state index contributed by atoms with van der Waals surface area (Å²) in [5.41, 5.74) is 0.570. The maximum absolute atomic E-state index is 13.2. The van der Waals surface area contributed by atoms with Gasteiger partial charge in [0.05, 0.1) is 23.1 Å². The lowest BCUT2D eigenvalue weighted by Crippen LogP contribution is -2.29. The molecule has 0 aromatic heterocycles. The lowest BCUT2D eigenvalue weighted by molar-refractivity contribution is -0.384. The standard InChI is InChI=1S/C25H19ClN2O6/c1-2-34-20-12-10-18(11-13-20)27-22(15-6-8-17(26)9-7-15)21(24(30)25(27)31)23(29)16-4-3-5-19(14-16)28(32)33/h3-14,22,29H,2H2,1H3/b23-21-. The van der Waals surface area contributed by atoms with Gasteiger partial charge < -0.3 is 9.84 Å². The minimum Gasteiger partial charge on any atom is -0.507 e. The molecule has 0 radical (unpaired) electrons. The predicted molar refractivity (Wildman–Crippen MR) is 127 cm³/mol. The summed E-state index contributed by atoms with van der Waals surface area (Å²) in [7, 11) is 0. The highest BCUT2D eigenvalue weighted by molar-refractivity contribution is 6.51. The van der Waals surface area contributed by atoms with E-state index in [1.165, 1.54) is 23.1 Å². The van der Waals surface area contributed by atoms with Gasteiger partial charge in [0.25, 0.3) is 17.4 Å². The van der Waals surface area contributed by atoms with Crippen molar-refractivity contribution in [3.05, 3.63) is 105 Å². The number of halogens is 1. The van der Waals surface area contributed by atoms with Crippen molar-refractivity contribution in [1.29, 1.82) is 0 Å². The number of rotatable bonds is 6. The van der Waals surface area contributed by atoms with E-state index in [1.807, 2.05) is 6.92 Å². The van der Waals surface area contributed by atoms with E-state index in [9.17, 15) is 24.8 Å². The van der Waals surface area contributed by atoms with Crippen molar-refractivity contribution in [3.8, 4) is 5.75 Å². The van der Waals surface area contributed by atoms with Crippen LogP contribution in [0.25, 0.3) is 5.76 Å². The van der Waals surface area contributed by atoms with Crippen LogP contribution in [0.4, 0.5) is 11.4 Å². The molecule has 1 aliphatic heterocycles. The minimum atomic E-state index is -0.977. The smallest absolute Gasteiger partial charge is 0.300 e. The largest absolute Gasteiger partial charge is 0.507 e. The average molecular weight is 479 g/mol. The lowest BCUT2D eigenvalue weighted by atomic mass is 9.95. The number of nitro groups is 1. The Morgan fingerprint density at radius 3 is 2.38 bits per heavy atom. The third kappa shape index (κ3) is 4.23. The molecule has 4 rings (SSSR count). The number of aliphatic hydroxyl groups excluding tert-OH is 1. The fourth-order valence-corrected chi connectivity index (χ4v) is 3.98. The first-order valence-electron chi connectivity index (χ1n) is 10.4. The first-order chi connectivity index (χ1) is 16.3. The molecule has 1 fully saturated rings. The van der Waals surface area contributed by atoms with Crippen LogP contribution in [0.15, 0.2) is 78.4 Å². The van der Waals surface area contributed by atoms with Crippen LogP contribution >= 0.6 is 11.6 Å². The van der Waals surface area contributed by atoms with Gasteiger partial charge >= 0.3 is 0 Å². The Bertz CT molecular complexity index is 1300. The van der Waals surface area contributed by atoms with Gasteiger partial charge in [0.2, 0.25) is 0 Å². The van der Waals surface area contributed by atoms with Crippen molar-refractivity contribution < 1.29 is 24.4 Å². The molecule has 172 valence electrons. The molecule has 1 aliphatic rings. The van der Waals surface area contributed by atoms with Gasteiger partial charge in [0, 0.05) is 28.4 Å². The van der Waals surface area contributed by atoms with Gasteiger partial charge in [-0.15, -0.1) is 0 Å². The van der Waals surface area contributed by atoms with Crippen LogP contribution in [-0.4, -0.2) is 28.3 Å². The van der Waals surface area contributed by atoms with Crippen LogP contribution in [0.1, 0.15) is 24.1 Å². The number of non-ortho nitro benzene ring substituents is 1. The van der Waals surface area contributed by atoms with Crippen LogP contribution < -0.4 is 9.64 Å². The highest BCUT2D eigenvalue weighted by Gasteiger charge is 2.47. The van der Waals surface area contributed by atoms with E-state index in [-0.39, 0.29) is 16.8 Å². The second-order valence-electron chi connectivity index (χ2n) is 7.46. The topological polar surface area (TPSA) is 110 Å². The molecule has 1 unspecified atom stereocenters. The highest BCUT2D eigenvalue weighted by atomic mass is 35.5. The summed E-state index contributed by atoms with van der Waals surface area (Å²) in [6.45, 7) is 2.32. The Morgan fingerprint density at radius 1 is 1.09 bits per heavy atom. The highest BCUT2D eigenvalue weighted by Crippen LogP contribution is 2.42. The fourth-order valence-electron chi connectivity index (χ4n) is 3.85. The molecular formula is C25H19ClN2O6. The Labute approximate surface area is 199 Å². The number of anilines is 1. The maximum Gasteiger partial charge on any atom is 0.300 e. The molecule has 0 saturated carbocycles. The fraction of sp³-hybridized carbons (Fsp3) is 0.120. The van der Waals surface area contributed by atoms with E-state index >= 15 is 0 Å². The monoisotopic (exact) mass is 478 g/mol. The first kappa shape index (κ1) is 23.0. The number of hydrogen-bond acceptors (Lipinski definition) is 6. The van der Waals surface area contributed by atoms with Crippen molar-refractivity contribution in [3.63, 3.8) is 0 Å². The molecule has 3 aromatic rings. The molecule has 1 heterocycles. The summed E-state index contributed by atoms with van der Waals surface area (Å²) in [6, 6.07) is 17.5. The number of amides is 1. The third-order valence-corrected chi connectivity index (χ3v) is 5.64. The Kier molecular flexibility index (Phi) is 6.34. The molecule has 0 aliphatic carbocycles. The van der Waals surface area contributed by atoms with Gasteiger partial charge in [-0.1, -0.05) is 35.9 Å². The van der Waals surface area contributed by atoms with Crippen molar-refractivity contribution in [2.75, 3.05) is 11.5 Å². The lowest BCUT2D eigenvalue weighted by Gasteiger charge is -2.25. The summed E-state index contributed by atoms with van der Waals surface area (Å²) in [5, 5.41) is 22.7. The number of hydrogen-bond donors (Lipinski definition) is 1. The number of nitrogens with zero attached hydrogens (tertiary/aromatic N) is 2.